The Bertz CT molecular complexity index is 325. The molecule has 2 atom stereocenters. The van der Waals surface area contributed by atoms with Crippen molar-refractivity contribution in [1.82, 2.24) is 15.2 Å². The Labute approximate surface area is 109 Å². The first-order chi connectivity index (χ1) is 7.93. The van der Waals surface area contributed by atoms with Crippen LogP contribution in [0, 0.1) is 12.8 Å². The number of hydrogen-bond donors (Lipinski definition) is 1. The van der Waals surface area contributed by atoms with E-state index in [1.807, 2.05) is 5.51 Å². The topological polar surface area (TPSA) is 28.2 Å². The molecule has 4 heteroatoms. The number of nitrogens with zero attached hydrogens (tertiary/aromatic N) is 2. The van der Waals surface area contributed by atoms with Gasteiger partial charge in [-0.2, -0.15) is 0 Å². The van der Waals surface area contributed by atoms with Crippen LogP contribution in [0.4, 0.5) is 0 Å². The molecule has 1 rings (SSSR count). The maximum atomic E-state index is 4.30. The lowest BCUT2D eigenvalue weighted by Crippen LogP contribution is -2.42. The molecule has 0 aliphatic carbocycles. The van der Waals surface area contributed by atoms with Crippen LogP contribution in [-0.2, 0) is 0 Å². The number of thiazole rings is 1. The third kappa shape index (κ3) is 4.05. The third-order valence-corrected chi connectivity index (χ3v) is 4.36. The lowest BCUT2D eigenvalue weighted by molar-refractivity contribution is 0.220. The summed E-state index contributed by atoms with van der Waals surface area (Å²) >= 11 is 1.74. The van der Waals surface area contributed by atoms with Gasteiger partial charge in [0.05, 0.1) is 11.2 Å². The third-order valence-electron chi connectivity index (χ3n) is 3.24. The zero-order chi connectivity index (χ0) is 13.0. The fraction of sp³-hybridized carbons (Fsp3) is 0.769. The summed E-state index contributed by atoms with van der Waals surface area (Å²) in [7, 11) is 4.30. The Morgan fingerprint density at radius 1 is 1.35 bits per heavy atom. The minimum absolute atomic E-state index is 0.392. The van der Waals surface area contributed by atoms with E-state index in [0.717, 1.165) is 12.2 Å². The van der Waals surface area contributed by atoms with E-state index in [4.69, 9.17) is 0 Å². The number of nitrogens with one attached hydrogen (secondary N) is 1. The van der Waals surface area contributed by atoms with E-state index < -0.39 is 0 Å². The number of hydrogen-bond acceptors (Lipinski definition) is 4. The molecule has 0 aromatic carbocycles. The van der Waals surface area contributed by atoms with Gasteiger partial charge in [-0.3, -0.25) is 0 Å². The predicted octanol–water partition coefficient (Wildman–Crippen LogP) is 2.69. The van der Waals surface area contributed by atoms with Gasteiger partial charge in [0.25, 0.3) is 0 Å². The zero-order valence-electron chi connectivity index (χ0n) is 11.8. The summed E-state index contributed by atoms with van der Waals surface area (Å²) in [6, 6.07) is 0.967. The van der Waals surface area contributed by atoms with E-state index >= 15 is 0 Å². The Hall–Kier alpha value is -0.450. The standard InChI is InChI=1S/C13H25N3S/c1-9(2)12(16(5)6)7-14-10(3)13-11(4)15-8-17-13/h8-10,12,14H,7H2,1-6H3. The van der Waals surface area contributed by atoms with Crippen molar-refractivity contribution in [3.8, 4) is 0 Å². The molecule has 0 saturated heterocycles. The van der Waals surface area contributed by atoms with E-state index in [-0.39, 0.29) is 0 Å². The largest absolute Gasteiger partial charge is 0.308 e. The van der Waals surface area contributed by atoms with Crippen molar-refractivity contribution in [2.45, 2.75) is 39.8 Å². The first-order valence-corrected chi connectivity index (χ1v) is 7.11. The summed E-state index contributed by atoms with van der Waals surface area (Å²) in [4.78, 5) is 7.95. The van der Waals surface area contributed by atoms with Crippen molar-refractivity contribution in [3.63, 3.8) is 0 Å². The Morgan fingerprint density at radius 2 is 2.00 bits per heavy atom. The van der Waals surface area contributed by atoms with Crippen LogP contribution in [0.1, 0.15) is 37.4 Å². The summed E-state index contributed by atoms with van der Waals surface area (Å²) in [6.07, 6.45) is 0. The van der Waals surface area contributed by atoms with Gasteiger partial charge in [-0.15, -0.1) is 11.3 Å². The lowest BCUT2D eigenvalue weighted by Gasteiger charge is -2.29. The number of likely N-dealkylation sites (N-methyl/N-ethyl adjacent to an activating group) is 1. The fourth-order valence-corrected chi connectivity index (χ4v) is 2.97. The molecule has 17 heavy (non-hydrogen) atoms. The van der Waals surface area contributed by atoms with Crippen molar-refractivity contribution in [1.29, 1.82) is 0 Å². The smallest absolute Gasteiger partial charge is 0.0798 e. The molecule has 0 bridgehead atoms. The molecule has 0 saturated carbocycles. The molecule has 3 nitrogen and oxygen atoms in total. The van der Waals surface area contributed by atoms with E-state index in [1.165, 1.54) is 4.88 Å². The number of aryl methyl sites for hydroxylation is 1. The molecule has 0 aliphatic rings. The molecule has 98 valence electrons. The molecule has 0 spiro atoms. The molecule has 0 aliphatic heterocycles. The first kappa shape index (κ1) is 14.6. The fourth-order valence-electron chi connectivity index (χ4n) is 2.13. The second kappa shape index (κ2) is 6.47. The van der Waals surface area contributed by atoms with Crippen molar-refractivity contribution in [2.75, 3.05) is 20.6 Å². The van der Waals surface area contributed by atoms with Crippen molar-refractivity contribution in [3.05, 3.63) is 16.1 Å². The van der Waals surface area contributed by atoms with Gasteiger partial charge in [-0.1, -0.05) is 13.8 Å². The van der Waals surface area contributed by atoms with E-state index in [2.05, 4.69) is 57.0 Å². The Balaban J connectivity index is 2.52. The second-order valence-electron chi connectivity index (χ2n) is 5.21. The summed E-state index contributed by atoms with van der Waals surface area (Å²) in [5.74, 6) is 0.659. The molecular formula is C13H25N3S. The maximum Gasteiger partial charge on any atom is 0.0798 e. The van der Waals surface area contributed by atoms with Gasteiger partial charge in [0.1, 0.15) is 0 Å². The van der Waals surface area contributed by atoms with Crippen LogP contribution in [0.5, 0.6) is 0 Å². The zero-order valence-corrected chi connectivity index (χ0v) is 12.6. The molecular weight excluding hydrogens is 230 g/mol. The summed E-state index contributed by atoms with van der Waals surface area (Å²) in [6.45, 7) is 9.86. The maximum absolute atomic E-state index is 4.30. The number of aromatic nitrogens is 1. The number of rotatable bonds is 6. The molecule has 1 aromatic heterocycles. The van der Waals surface area contributed by atoms with Gasteiger partial charge in [0.15, 0.2) is 0 Å². The highest BCUT2D eigenvalue weighted by Crippen LogP contribution is 2.21. The Kier molecular flexibility index (Phi) is 5.56. The molecule has 1 heterocycles. The van der Waals surface area contributed by atoms with E-state index in [0.29, 0.717) is 18.0 Å². The van der Waals surface area contributed by atoms with Gasteiger partial charge < -0.3 is 10.2 Å². The average molecular weight is 255 g/mol. The van der Waals surface area contributed by atoms with Gasteiger partial charge in [-0.05, 0) is 33.9 Å². The van der Waals surface area contributed by atoms with Crippen LogP contribution in [-0.4, -0.2) is 36.6 Å². The summed E-state index contributed by atoms with van der Waals surface area (Å²) in [5, 5.41) is 3.62. The van der Waals surface area contributed by atoms with Crippen molar-refractivity contribution >= 4 is 11.3 Å². The van der Waals surface area contributed by atoms with Gasteiger partial charge in [0.2, 0.25) is 0 Å². The molecule has 1 aromatic rings. The summed E-state index contributed by atoms with van der Waals surface area (Å²) in [5.41, 5.74) is 3.08. The molecule has 0 fully saturated rings. The highest BCUT2D eigenvalue weighted by molar-refractivity contribution is 7.09. The van der Waals surface area contributed by atoms with Crippen LogP contribution >= 0.6 is 11.3 Å². The normalized spacial score (nSPS) is 15.5. The van der Waals surface area contributed by atoms with Crippen LogP contribution < -0.4 is 5.32 Å². The van der Waals surface area contributed by atoms with Crippen molar-refractivity contribution in [2.24, 2.45) is 5.92 Å². The molecule has 0 radical (unpaired) electrons. The van der Waals surface area contributed by atoms with Crippen molar-refractivity contribution < 1.29 is 0 Å². The Morgan fingerprint density at radius 3 is 2.41 bits per heavy atom. The SMILES string of the molecule is Cc1ncsc1C(C)NCC(C(C)C)N(C)C. The highest BCUT2D eigenvalue weighted by Gasteiger charge is 2.18. The lowest BCUT2D eigenvalue weighted by atomic mass is 10.0. The highest BCUT2D eigenvalue weighted by atomic mass is 32.1. The van der Waals surface area contributed by atoms with Gasteiger partial charge >= 0.3 is 0 Å². The van der Waals surface area contributed by atoms with Gasteiger partial charge in [-0.25, -0.2) is 4.98 Å². The molecule has 2 unspecified atom stereocenters. The van der Waals surface area contributed by atoms with Crippen LogP contribution in [0.3, 0.4) is 0 Å². The average Bonchev–Trinajstić information content (AvgIpc) is 2.63. The quantitative estimate of drug-likeness (QED) is 0.847. The monoisotopic (exact) mass is 255 g/mol. The van der Waals surface area contributed by atoms with E-state index in [9.17, 15) is 0 Å². The first-order valence-electron chi connectivity index (χ1n) is 6.23. The van der Waals surface area contributed by atoms with Crippen LogP contribution in [0.2, 0.25) is 0 Å². The van der Waals surface area contributed by atoms with Crippen LogP contribution in [0.25, 0.3) is 0 Å². The van der Waals surface area contributed by atoms with Crippen LogP contribution in [0.15, 0.2) is 5.51 Å². The minimum Gasteiger partial charge on any atom is -0.308 e. The predicted molar refractivity (Wildman–Crippen MR) is 75.6 cm³/mol. The molecule has 0 amide bonds. The van der Waals surface area contributed by atoms with Gasteiger partial charge in [0, 0.05) is 23.5 Å². The summed E-state index contributed by atoms with van der Waals surface area (Å²) < 4.78 is 0. The second-order valence-corrected chi connectivity index (χ2v) is 6.09. The molecule has 1 N–H and O–H groups in total. The van der Waals surface area contributed by atoms with E-state index in [1.54, 1.807) is 11.3 Å². The minimum atomic E-state index is 0.392.